The molecule has 1 aliphatic rings. The van der Waals surface area contributed by atoms with E-state index in [1.165, 1.54) is 35.7 Å². The third kappa shape index (κ3) is 5.61. The lowest BCUT2D eigenvalue weighted by Crippen LogP contribution is -2.32. The first-order chi connectivity index (χ1) is 17.3. The van der Waals surface area contributed by atoms with Crippen LogP contribution in [0, 0.1) is 0 Å². The molecule has 36 heavy (non-hydrogen) atoms. The van der Waals surface area contributed by atoms with Crippen LogP contribution in [0.25, 0.3) is 0 Å². The molecule has 3 aromatic carbocycles. The number of halogens is 1. The maximum Gasteiger partial charge on any atom is 0.259 e. The Labute approximate surface area is 216 Å². The minimum atomic E-state index is -3.78. The average Bonchev–Trinajstić information content (AvgIpc) is 3.20. The predicted molar refractivity (Wildman–Crippen MR) is 140 cm³/mol. The average molecular weight is 527 g/mol. The van der Waals surface area contributed by atoms with E-state index in [2.05, 4.69) is 5.32 Å². The third-order valence-electron chi connectivity index (χ3n) is 6.13. The van der Waals surface area contributed by atoms with Crippen molar-refractivity contribution >= 4 is 39.0 Å². The minimum absolute atomic E-state index is 0.0204. The van der Waals surface area contributed by atoms with Crippen molar-refractivity contribution in [2.45, 2.75) is 30.6 Å². The Morgan fingerprint density at radius 1 is 0.889 bits per heavy atom. The van der Waals surface area contributed by atoms with Crippen LogP contribution in [-0.4, -0.2) is 44.6 Å². The first-order valence-corrected chi connectivity index (χ1v) is 13.5. The number of carbonyl (C=O) groups excluding carboxylic acids is 2. The Morgan fingerprint density at radius 2 is 1.58 bits per heavy atom. The number of hydrogen-bond acceptors (Lipinski definition) is 5. The van der Waals surface area contributed by atoms with E-state index in [4.69, 9.17) is 16.3 Å². The summed E-state index contributed by atoms with van der Waals surface area (Å²) in [6.45, 7) is 0.900. The van der Waals surface area contributed by atoms with Gasteiger partial charge in [-0.25, -0.2) is 8.42 Å². The Hall–Kier alpha value is -3.20. The zero-order valence-electron chi connectivity index (χ0n) is 19.9. The van der Waals surface area contributed by atoms with Crippen molar-refractivity contribution in [1.82, 2.24) is 4.31 Å². The molecule has 1 saturated heterocycles. The molecule has 1 fully saturated rings. The van der Waals surface area contributed by atoms with Gasteiger partial charge in [-0.05, 0) is 49.2 Å². The molecule has 0 spiro atoms. The van der Waals surface area contributed by atoms with E-state index in [1.54, 1.807) is 42.5 Å². The van der Waals surface area contributed by atoms with Crippen LogP contribution in [0.1, 0.15) is 52.0 Å². The standard InChI is InChI=1S/C27H27ClN2O5S/c1-35-25-14-12-21(36(33,34)30-15-7-2-3-8-16-30)18-23(25)27(32)29-24-13-11-20(28)17-22(24)26(31)19-9-5-4-6-10-19/h4-6,9-14,17-18H,2-3,7-8,15-16H2,1H3,(H,29,32). The summed E-state index contributed by atoms with van der Waals surface area (Å²) >= 11 is 6.15. The number of nitrogens with one attached hydrogen (secondary N) is 1. The molecule has 1 amide bonds. The largest absolute Gasteiger partial charge is 0.496 e. The maximum absolute atomic E-state index is 13.4. The Balaban J connectivity index is 1.67. The second-order valence-corrected chi connectivity index (χ2v) is 10.9. The number of carbonyl (C=O) groups is 2. The van der Waals surface area contributed by atoms with Crippen molar-refractivity contribution in [1.29, 1.82) is 0 Å². The molecular formula is C27H27ClN2O5S. The molecule has 9 heteroatoms. The van der Waals surface area contributed by atoms with Crippen LogP contribution < -0.4 is 10.1 Å². The SMILES string of the molecule is COc1ccc(S(=O)(=O)N2CCCCCC2)cc1C(=O)Nc1ccc(Cl)cc1C(=O)c1ccccc1. The molecule has 3 aromatic rings. The topological polar surface area (TPSA) is 92.8 Å². The molecule has 0 aromatic heterocycles. The molecule has 0 saturated carbocycles. The molecule has 1 N–H and O–H groups in total. The van der Waals surface area contributed by atoms with Crippen molar-refractivity contribution in [3.8, 4) is 5.75 Å². The highest BCUT2D eigenvalue weighted by atomic mass is 35.5. The van der Waals surface area contributed by atoms with Gasteiger partial charge in [-0.3, -0.25) is 9.59 Å². The van der Waals surface area contributed by atoms with Crippen molar-refractivity contribution in [3.05, 3.63) is 88.4 Å². The number of sulfonamides is 1. The number of rotatable bonds is 7. The molecular weight excluding hydrogens is 500 g/mol. The summed E-state index contributed by atoms with van der Waals surface area (Å²) < 4.78 is 33.4. The normalized spacial score (nSPS) is 14.6. The Kier molecular flexibility index (Phi) is 8.08. The smallest absolute Gasteiger partial charge is 0.259 e. The molecule has 1 heterocycles. The van der Waals surface area contributed by atoms with Gasteiger partial charge in [-0.15, -0.1) is 0 Å². The number of benzene rings is 3. The van der Waals surface area contributed by atoms with Gasteiger partial charge in [0.2, 0.25) is 10.0 Å². The molecule has 1 aliphatic heterocycles. The van der Waals surface area contributed by atoms with E-state index in [9.17, 15) is 18.0 Å². The highest BCUT2D eigenvalue weighted by molar-refractivity contribution is 7.89. The second-order valence-electron chi connectivity index (χ2n) is 8.52. The highest BCUT2D eigenvalue weighted by Crippen LogP contribution is 2.29. The van der Waals surface area contributed by atoms with Gasteiger partial charge in [0, 0.05) is 29.2 Å². The number of nitrogens with zero attached hydrogens (tertiary/aromatic N) is 1. The lowest BCUT2D eigenvalue weighted by Gasteiger charge is -2.21. The first-order valence-electron chi connectivity index (χ1n) is 11.7. The number of methoxy groups -OCH3 is 1. The summed E-state index contributed by atoms with van der Waals surface area (Å²) in [5.74, 6) is -0.700. The Morgan fingerprint density at radius 3 is 2.25 bits per heavy atom. The van der Waals surface area contributed by atoms with Crippen molar-refractivity contribution < 1.29 is 22.7 Å². The molecule has 4 rings (SSSR count). The van der Waals surface area contributed by atoms with Gasteiger partial charge >= 0.3 is 0 Å². The third-order valence-corrected chi connectivity index (χ3v) is 8.26. The number of ether oxygens (including phenoxy) is 1. The number of ketones is 1. The Bertz CT molecular complexity index is 1370. The van der Waals surface area contributed by atoms with Crippen LogP contribution >= 0.6 is 11.6 Å². The summed E-state index contributed by atoms with van der Waals surface area (Å²) in [7, 11) is -2.37. The molecule has 0 unspecified atom stereocenters. The maximum atomic E-state index is 13.4. The van der Waals surface area contributed by atoms with Gasteiger partial charge in [0.15, 0.2) is 5.78 Å². The zero-order valence-corrected chi connectivity index (χ0v) is 21.4. The summed E-state index contributed by atoms with van der Waals surface area (Å²) in [5.41, 5.74) is 0.954. The van der Waals surface area contributed by atoms with Crippen LogP contribution in [0.15, 0.2) is 71.6 Å². The van der Waals surface area contributed by atoms with Gasteiger partial charge in [0.05, 0.1) is 23.3 Å². The van der Waals surface area contributed by atoms with Crippen molar-refractivity contribution in [3.63, 3.8) is 0 Å². The van der Waals surface area contributed by atoms with Crippen molar-refractivity contribution in [2.24, 2.45) is 0 Å². The van der Waals surface area contributed by atoms with Gasteiger partial charge in [0.1, 0.15) is 5.75 Å². The van der Waals surface area contributed by atoms with E-state index < -0.39 is 15.9 Å². The van der Waals surface area contributed by atoms with Crippen LogP contribution in [-0.2, 0) is 10.0 Å². The highest BCUT2D eigenvalue weighted by Gasteiger charge is 2.27. The number of anilines is 1. The van der Waals surface area contributed by atoms with E-state index in [1.807, 2.05) is 0 Å². The predicted octanol–water partition coefficient (Wildman–Crippen LogP) is 5.40. The summed E-state index contributed by atoms with van der Waals surface area (Å²) in [6.07, 6.45) is 3.59. The molecule has 0 aliphatic carbocycles. The molecule has 0 atom stereocenters. The van der Waals surface area contributed by atoms with Crippen LogP contribution in [0.2, 0.25) is 5.02 Å². The number of hydrogen-bond donors (Lipinski definition) is 1. The lowest BCUT2D eigenvalue weighted by molar-refractivity contribution is 0.102. The van der Waals surface area contributed by atoms with Crippen molar-refractivity contribution in [2.75, 3.05) is 25.5 Å². The monoisotopic (exact) mass is 526 g/mol. The fourth-order valence-electron chi connectivity index (χ4n) is 4.20. The quantitative estimate of drug-likeness (QED) is 0.416. The second kappa shape index (κ2) is 11.2. The minimum Gasteiger partial charge on any atom is -0.496 e. The fraction of sp³-hybridized carbons (Fsp3) is 0.259. The van der Waals surface area contributed by atoms with Crippen LogP contribution in [0.5, 0.6) is 5.75 Å². The van der Waals surface area contributed by atoms with Gasteiger partial charge < -0.3 is 10.1 Å². The molecule has 0 radical (unpaired) electrons. The number of amides is 1. The van der Waals surface area contributed by atoms with Gasteiger partial charge in [0.25, 0.3) is 5.91 Å². The molecule has 0 bridgehead atoms. The van der Waals surface area contributed by atoms with E-state index >= 15 is 0 Å². The summed E-state index contributed by atoms with van der Waals surface area (Å²) in [4.78, 5) is 26.5. The summed E-state index contributed by atoms with van der Waals surface area (Å²) in [6, 6.07) is 17.5. The van der Waals surface area contributed by atoms with E-state index in [-0.39, 0.29) is 33.2 Å². The first kappa shape index (κ1) is 25.9. The van der Waals surface area contributed by atoms with Crippen LogP contribution in [0.4, 0.5) is 5.69 Å². The lowest BCUT2D eigenvalue weighted by atomic mass is 10.0. The van der Waals surface area contributed by atoms with Crippen LogP contribution in [0.3, 0.4) is 0 Å². The molecule has 188 valence electrons. The zero-order chi connectivity index (χ0) is 25.7. The fourth-order valence-corrected chi connectivity index (χ4v) is 5.92. The van der Waals surface area contributed by atoms with E-state index in [0.717, 1.165) is 25.7 Å². The van der Waals surface area contributed by atoms with Gasteiger partial charge in [-0.1, -0.05) is 54.8 Å². The molecule has 7 nitrogen and oxygen atoms in total. The van der Waals surface area contributed by atoms with E-state index in [0.29, 0.717) is 23.7 Å². The summed E-state index contributed by atoms with van der Waals surface area (Å²) in [5, 5.41) is 3.08. The van der Waals surface area contributed by atoms with Gasteiger partial charge in [-0.2, -0.15) is 4.31 Å².